The molecule has 1 heterocycles. The largest absolute Gasteiger partial charge is 0.479 e. The third kappa shape index (κ3) is 1.12. The fourth-order valence-corrected chi connectivity index (χ4v) is 3.87. The topological polar surface area (TPSA) is 57.5 Å². The van der Waals surface area contributed by atoms with Crippen LogP contribution in [-0.2, 0) is 4.79 Å². The van der Waals surface area contributed by atoms with Crippen LogP contribution in [0.2, 0.25) is 0 Å². The van der Waals surface area contributed by atoms with Crippen molar-refractivity contribution >= 4 is 17.7 Å². The second-order valence-corrected chi connectivity index (χ2v) is 5.21. The Hall–Kier alpha value is -0.220. The minimum atomic E-state index is -1.43. The summed E-state index contributed by atoms with van der Waals surface area (Å²) < 4.78 is 0. The van der Waals surface area contributed by atoms with Gasteiger partial charge in [-0.1, -0.05) is 6.42 Å². The number of rotatable bonds is 1. The summed E-state index contributed by atoms with van der Waals surface area (Å²) in [4.78, 5) is 11.0. The van der Waals surface area contributed by atoms with Crippen molar-refractivity contribution in [2.75, 3.05) is 11.5 Å². The third-order valence-electron chi connectivity index (χ3n) is 3.53. The van der Waals surface area contributed by atoms with Gasteiger partial charge in [-0.3, -0.25) is 0 Å². The first-order valence-electron chi connectivity index (χ1n) is 4.64. The van der Waals surface area contributed by atoms with E-state index in [1.807, 2.05) is 0 Å². The minimum absolute atomic E-state index is 0.304. The van der Waals surface area contributed by atoms with E-state index in [4.69, 9.17) is 5.11 Å². The van der Waals surface area contributed by atoms with Crippen molar-refractivity contribution in [3.63, 3.8) is 0 Å². The summed E-state index contributed by atoms with van der Waals surface area (Å²) in [6.07, 6.45) is 3.23. The van der Waals surface area contributed by atoms with E-state index >= 15 is 0 Å². The molecule has 0 amide bonds. The lowest BCUT2D eigenvalue weighted by molar-refractivity contribution is -0.184. The van der Waals surface area contributed by atoms with Gasteiger partial charge in [-0.2, -0.15) is 11.8 Å². The number of hydrogen-bond donors (Lipinski definition) is 2. The fourth-order valence-electron chi connectivity index (χ4n) is 2.37. The average molecular weight is 202 g/mol. The van der Waals surface area contributed by atoms with E-state index in [2.05, 4.69) is 0 Å². The van der Waals surface area contributed by atoms with Gasteiger partial charge >= 0.3 is 5.97 Å². The fraction of sp³-hybridized carbons (Fsp3) is 0.889. The molecule has 0 bridgehead atoms. The summed E-state index contributed by atoms with van der Waals surface area (Å²) in [6, 6.07) is 0. The van der Waals surface area contributed by atoms with E-state index in [1.165, 1.54) is 0 Å². The standard InChI is InChI=1S/C9H14O3S/c10-7(11)9(12)4-5-13-6-8(9)2-1-3-8/h12H,1-6H2,(H,10,11). The molecule has 1 aliphatic heterocycles. The van der Waals surface area contributed by atoms with Crippen molar-refractivity contribution in [2.45, 2.75) is 31.3 Å². The van der Waals surface area contributed by atoms with Crippen LogP contribution >= 0.6 is 11.8 Å². The molecule has 1 saturated heterocycles. The summed E-state index contributed by atoms with van der Waals surface area (Å²) in [5.41, 5.74) is -1.74. The quantitative estimate of drug-likeness (QED) is 0.668. The molecular formula is C9H14O3S. The third-order valence-corrected chi connectivity index (χ3v) is 4.78. The average Bonchev–Trinajstić information content (AvgIpc) is 2.02. The summed E-state index contributed by atoms with van der Waals surface area (Å²) in [7, 11) is 0. The zero-order valence-corrected chi connectivity index (χ0v) is 8.27. The minimum Gasteiger partial charge on any atom is -0.479 e. The van der Waals surface area contributed by atoms with Gasteiger partial charge in [-0.15, -0.1) is 0 Å². The van der Waals surface area contributed by atoms with Crippen LogP contribution in [0.25, 0.3) is 0 Å². The number of aliphatic carboxylic acids is 1. The van der Waals surface area contributed by atoms with Crippen LogP contribution in [-0.4, -0.2) is 33.3 Å². The van der Waals surface area contributed by atoms with Crippen molar-refractivity contribution < 1.29 is 15.0 Å². The van der Waals surface area contributed by atoms with Crippen LogP contribution in [0.3, 0.4) is 0 Å². The van der Waals surface area contributed by atoms with Gasteiger partial charge in [0.25, 0.3) is 0 Å². The molecule has 2 N–H and O–H groups in total. The van der Waals surface area contributed by atoms with Crippen LogP contribution in [0.5, 0.6) is 0 Å². The van der Waals surface area contributed by atoms with Gasteiger partial charge in [0.1, 0.15) is 0 Å². The maximum Gasteiger partial charge on any atom is 0.336 e. The highest BCUT2D eigenvalue weighted by Gasteiger charge is 2.59. The smallest absolute Gasteiger partial charge is 0.336 e. The van der Waals surface area contributed by atoms with Gasteiger partial charge < -0.3 is 10.2 Å². The normalized spacial score (nSPS) is 37.0. The van der Waals surface area contributed by atoms with Crippen LogP contribution in [0.1, 0.15) is 25.7 Å². The molecule has 1 atom stereocenters. The Morgan fingerprint density at radius 3 is 2.38 bits per heavy atom. The van der Waals surface area contributed by atoms with E-state index in [9.17, 15) is 9.90 Å². The Labute approximate surface area is 81.5 Å². The Bertz CT molecular complexity index is 237. The molecule has 0 aromatic carbocycles. The first kappa shape index (κ1) is 9.34. The van der Waals surface area contributed by atoms with Crippen molar-refractivity contribution in [3.8, 4) is 0 Å². The second-order valence-electron chi connectivity index (χ2n) is 4.10. The van der Waals surface area contributed by atoms with Crippen LogP contribution in [0, 0.1) is 5.41 Å². The number of carboxylic acid groups (broad SMARTS) is 1. The summed E-state index contributed by atoms with van der Waals surface area (Å²) in [6.45, 7) is 0. The monoisotopic (exact) mass is 202 g/mol. The maximum atomic E-state index is 11.0. The molecular weight excluding hydrogens is 188 g/mol. The number of carbonyl (C=O) groups is 1. The number of hydrogen-bond acceptors (Lipinski definition) is 3. The predicted molar refractivity (Wildman–Crippen MR) is 50.8 cm³/mol. The molecule has 4 heteroatoms. The van der Waals surface area contributed by atoms with E-state index < -0.39 is 11.6 Å². The molecule has 2 aliphatic rings. The van der Waals surface area contributed by atoms with Crippen LogP contribution in [0.15, 0.2) is 0 Å². The molecule has 13 heavy (non-hydrogen) atoms. The van der Waals surface area contributed by atoms with Crippen molar-refractivity contribution in [2.24, 2.45) is 5.41 Å². The zero-order valence-electron chi connectivity index (χ0n) is 7.45. The van der Waals surface area contributed by atoms with Gasteiger partial charge in [-0.25, -0.2) is 4.79 Å². The Morgan fingerprint density at radius 1 is 1.31 bits per heavy atom. The molecule has 74 valence electrons. The van der Waals surface area contributed by atoms with E-state index in [0.29, 0.717) is 6.42 Å². The number of aliphatic hydroxyl groups is 1. The lowest BCUT2D eigenvalue weighted by atomic mass is 9.58. The first-order valence-corrected chi connectivity index (χ1v) is 5.80. The van der Waals surface area contributed by atoms with Crippen molar-refractivity contribution in [3.05, 3.63) is 0 Å². The summed E-state index contributed by atoms with van der Waals surface area (Å²) in [5.74, 6) is 0.563. The van der Waals surface area contributed by atoms with Gasteiger partial charge in [0.2, 0.25) is 0 Å². The molecule has 1 unspecified atom stereocenters. The summed E-state index contributed by atoms with van der Waals surface area (Å²) >= 11 is 1.77. The van der Waals surface area contributed by atoms with Gasteiger partial charge in [0.15, 0.2) is 5.60 Å². The molecule has 1 aliphatic carbocycles. The van der Waals surface area contributed by atoms with Crippen molar-refractivity contribution in [1.82, 2.24) is 0 Å². The molecule has 2 rings (SSSR count). The second kappa shape index (κ2) is 2.89. The summed E-state index contributed by atoms with van der Waals surface area (Å²) in [5, 5.41) is 19.1. The van der Waals surface area contributed by atoms with Crippen LogP contribution in [0.4, 0.5) is 0 Å². The number of carboxylic acids is 1. The van der Waals surface area contributed by atoms with Gasteiger partial charge in [0, 0.05) is 11.2 Å². The molecule has 0 aromatic heterocycles. The lowest BCUT2D eigenvalue weighted by Crippen LogP contribution is -2.61. The highest BCUT2D eigenvalue weighted by atomic mass is 32.2. The predicted octanol–water partition coefficient (Wildman–Crippen LogP) is 1.11. The molecule has 0 aromatic rings. The van der Waals surface area contributed by atoms with E-state index in [0.717, 1.165) is 30.8 Å². The molecule has 2 fully saturated rings. The maximum absolute atomic E-state index is 11.0. The molecule has 1 spiro atoms. The first-order chi connectivity index (χ1) is 6.11. The Balaban J connectivity index is 2.27. The lowest BCUT2D eigenvalue weighted by Gasteiger charge is -2.53. The Kier molecular flexibility index (Phi) is 2.07. The van der Waals surface area contributed by atoms with E-state index in [-0.39, 0.29) is 5.41 Å². The molecule has 3 nitrogen and oxygen atoms in total. The highest BCUT2D eigenvalue weighted by molar-refractivity contribution is 7.99. The van der Waals surface area contributed by atoms with Gasteiger partial charge in [0.05, 0.1) is 0 Å². The van der Waals surface area contributed by atoms with E-state index in [1.54, 1.807) is 11.8 Å². The molecule has 0 radical (unpaired) electrons. The highest BCUT2D eigenvalue weighted by Crippen LogP contribution is 2.55. The van der Waals surface area contributed by atoms with Gasteiger partial charge in [-0.05, 0) is 25.0 Å². The number of thioether (sulfide) groups is 1. The van der Waals surface area contributed by atoms with Crippen LogP contribution < -0.4 is 0 Å². The molecule has 1 saturated carbocycles. The van der Waals surface area contributed by atoms with Crippen molar-refractivity contribution in [1.29, 1.82) is 0 Å². The SMILES string of the molecule is O=C(O)C1(O)CCSCC12CCC2. The Morgan fingerprint density at radius 2 is 2.00 bits per heavy atom. The zero-order chi connectivity index (χ0) is 9.53.